The smallest absolute Gasteiger partial charge is 0.132 e. The summed E-state index contributed by atoms with van der Waals surface area (Å²) < 4.78 is 3.85. The molecule has 0 saturated carbocycles. The van der Waals surface area contributed by atoms with Gasteiger partial charge in [-0.2, -0.15) is 0 Å². The zero-order chi connectivity index (χ0) is 11.5. The third-order valence-electron chi connectivity index (χ3n) is 3.20. The minimum Gasteiger partial charge on any atom is -0.388 e. The summed E-state index contributed by atoms with van der Waals surface area (Å²) in [5.41, 5.74) is 6.69. The molecular formula is C10H19N5S. The van der Waals surface area contributed by atoms with Gasteiger partial charge in [-0.3, -0.25) is 4.90 Å². The summed E-state index contributed by atoms with van der Waals surface area (Å²) in [5, 5.41) is 4.78. The van der Waals surface area contributed by atoms with Crippen LogP contribution in [0.25, 0.3) is 0 Å². The Kier molecular flexibility index (Phi) is 3.73. The predicted octanol–water partition coefficient (Wildman–Crippen LogP) is 0.646. The van der Waals surface area contributed by atoms with Crippen LogP contribution in [0.1, 0.15) is 18.5 Å². The van der Waals surface area contributed by atoms with E-state index in [1.807, 2.05) is 0 Å². The number of nitrogens with zero attached hydrogens (tertiary/aromatic N) is 4. The van der Waals surface area contributed by atoms with Crippen molar-refractivity contribution in [1.29, 1.82) is 0 Å². The summed E-state index contributed by atoms with van der Waals surface area (Å²) in [7, 11) is 4.31. The van der Waals surface area contributed by atoms with Gasteiger partial charge in [-0.1, -0.05) is 4.49 Å². The quantitative estimate of drug-likeness (QED) is 0.838. The lowest BCUT2D eigenvalue weighted by molar-refractivity contribution is 0.214. The highest BCUT2D eigenvalue weighted by atomic mass is 32.1. The van der Waals surface area contributed by atoms with Crippen molar-refractivity contribution in [2.75, 3.05) is 32.9 Å². The number of hydrogen-bond donors (Lipinski definition) is 1. The molecule has 1 aliphatic heterocycles. The molecule has 1 aromatic heterocycles. The molecule has 1 saturated heterocycles. The van der Waals surface area contributed by atoms with Gasteiger partial charge in [0.1, 0.15) is 10.7 Å². The van der Waals surface area contributed by atoms with E-state index in [0.717, 1.165) is 23.8 Å². The summed E-state index contributed by atoms with van der Waals surface area (Å²) >= 11 is 1.27. The molecule has 0 aromatic carbocycles. The number of rotatable bonds is 4. The number of nitrogen functional groups attached to an aromatic ring is 1. The van der Waals surface area contributed by atoms with E-state index < -0.39 is 0 Å². The molecule has 6 heteroatoms. The number of nitrogens with two attached hydrogens (primary N) is 1. The molecule has 0 aliphatic carbocycles. The standard InChI is InChI=1S/C10H19N5S/c1-14(6-8-4-3-5-15(8)2)7-9-10(11)16-13-12-9/h8H,3-7,11H2,1-2H3. The zero-order valence-electron chi connectivity index (χ0n) is 9.89. The lowest BCUT2D eigenvalue weighted by Crippen LogP contribution is -2.36. The molecule has 1 unspecified atom stereocenters. The molecule has 2 heterocycles. The fraction of sp³-hybridized carbons (Fsp3) is 0.800. The van der Waals surface area contributed by atoms with Crippen LogP contribution in [0.2, 0.25) is 0 Å². The van der Waals surface area contributed by atoms with Crippen molar-refractivity contribution in [3.8, 4) is 0 Å². The van der Waals surface area contributed by atoms with Crippen LogP contribution in [0.15, 0.2) is 0 Å². The fourth-order valence-corrected chi connectivity index (χ4v) is 2.65. The van der Waals surface area contributed by atoms with Crippen molar-refractivity contribution in [2.45, 2.75) is 25.4 Å². The van der Waals surface area contributed by atoms with Gasteiger partial charge in [0.2, 0.25) is 0 Å². The first kappa shape index (κ1) is 11.8. The largest absolute Gasteiger partial charge is 0.388 e. The monoisotopic (exact) mass is 241 g/mol. The summed E-state index contributed by atoms with van der Waals surface area (Å²) in [6.45, 7) is 3.10. The van der Waals surface area contributed by atoms with Gasteiger partial charge in [0, 0.05) is 30.7 Å². The Morgan fingerprint density at radius 2 is 2.44 bits per heavy atom. The molecule has 1 atom stereocenters. The molecule has 16 heavy (non-hydrogen) atoms. The second-order valence-electron chi connectivity index (χ2n) is 4.56. The zero-order valence-corrected chi connectivity index (χ0v) is 10.7. The van der Waals surface area contributed by atoms with Crippen LogP contribution < -0.4 is 5.73 Å². The lowest BCUT2D eigenvalue weighted by Gasteiger charge is -2.25. The topological polar surface area (TPSA) is 58.3 Å². The Bertz CT molecular complexity index is 340. The van der Waals surface area contributed by atoms with Gasteiger partial charge in [-0.25, -0.2) is 0 Å². The first-order chi connectivity index (χ1) is 7.66. The number of likely N-dealkylation sites (N-methyl/N-ethyl adjacent to an activating group) is 2. The Labute approximate surface area is 100 Å². The summed E-state index contributed by atoms with van der Waals surface area (Å²) in [4.78, 5) is 4.71. The highest BCUT2D eigenvalue weighted by Gasteiger charge is 2.22. The van der Waals surface area contributed by atoms with Gasteiger partial charge in [0.05, 0.1) is 0 Å². The van der Waals surface area contributed by atoms with E-state index in [4.69, 9.17) is 5.73 Å². The maximum atomic E-state index is 5.78. The van der Waals surface area contributed by atoms with E-state index >= 15 is 0 Å². The molecule has 2 N–H and O–H groups in total. The van der Waals surface area contributed by atoms with Gasteiger partial charge in [0.25, 0.3) is 0 Å². The third-order valence-corrected chi connectivity index (χ3v) is 3.79. The Morgan fingerprint density at radius 1 is 1.62 bits per heavy atom. The number of anilines is 1. The normalized spacial score (nSPS) is 22.1. The molecule has 0 bridgehead atoms. The lowest BCUT2D eigenvalue weighted by atomic mass is 10.2. The molecule has 1 fully saturated rings. The van der Waals surface area contributed by atoms with Crippen molar-refractivity contribution in [1.82, 2.24) is 19.4 Å². The van der Waals surface area contributed by atoms with Crippen LogP contribution in [0, 0.1) is 0 Å². The van der Waals surface area contributed by atoms with Crippen molar-refractivity contribution >= 4 is 16.5 Å². The van der Waals surface area contributed by atoms with Crippen LogP contribution in [-0.4, -0.2) is 52.6 Å². The van der Waals surface area contributed by atoms with Crippen molar-refractivity contribution in [3.63, 3.8) is 0 Å². The van der Waals surface area contributed by atoms with Gasteiger partial charge < -0.3 is 10.6 Å². The molecule has 5 nitrogen and oxygen atoms in total. The fourth-order valence-electron chi connectivity index (χ4n) is 2.22. The average Bonchev–Trinajstić information content (AvgIpc) is 2.79. The van der Waals surface area contributed by atoms with Crippen molar-refractivity contribution in [3.05, 3.63) is 5.69 Å². The number of hydrogen-bond acceptors (Lipinski definition) is 6. The van der Waals surface area contributed by atoms with Crippen LogP contribution in [0.5, 0.6) is 0 Å². The average molecular weight is 241 g/mol. The number of aromatic nitrogens is 2. The Hall–Kier alpha value is -0.720. The third kappa shape index (κ3) is 2.69. The van der Waals surface area contributed by atoms with Crippen molar-refractivity contribution < 1.29 is 0 Å². The molecule has 2 rings (SSSR count). The Balaban J connectivity index is 1.84. The maximum absolute atomic E-state index is 5.78. The second kappa shape index (κ2) is 5.07. The summed E-state index contributed by atoms with van der Waals surface area (Å²) in [6, 6.07) is 0.679. The highest BCUT2D eigenvalue weighted by molar-refractivity contribution is 7.09. The van der Waals surface area contributed by atoms with E-state index in [1.165, 1.54) is 30.9 Å². The molecule has 0 amide bonds. The van der Waals surface area contributed by atoms with Gasteiger partial charge in [0.15, 0.2) is 0 Å². The van der Waals surface area contributed by atoms with Crippen LogP contribution in [0.3, 0.4) is 0 Å². The van der Waals surface area contributed by atoms with Gasteiger partial charge >= 0.3 is 0 Å². The van der Waals surface area contributed by atoms with E-state index in [0.29, 0.717) is 6.04 Å². The predicted molar refractivity (Wildman–Crippen MR) is 66.3 cm³/mol. The van der Waals surface area contributed by atoms with Gasteiger partial charge in [-0.05, 0) is 33.5 Å². The minimum atomic E-state index is 0.679. The van der Waals surface area contributed by atoms with Crippen molar-refractivity contribution in [2.24, 2.45) is 0 Å². The number of likely N-dealkylation sites (tertiary alicyclic amines) is 1. The first-order valence-electron chi connectivity index (χ1n) is 5.62. The van der Waals surface area contributed by atoms with Gasteiger partial charge in [-0.15, -0.1) is 5.10 Å². The molecule has 90 valence electrons. The highest BCUT2D eigenvalue weighted by Crippen LogP contribution is 2.18. The molecule has 0 spiro atoms. The molecule has 0 radical (unpaired) electrons. The van der Waals surface area contributed by atoms with E-state index in [1.54, 1.807) is 0 Å². The van der Waals surface area contributed by atoms with E-state index in [2.05, 4.69) is 33.5 Å². The first-order valence-corrected chi connectivity index (χ1v) is 6.39. The maximum Gasteiger partial charge on any atom is 0.132 e. The molecule has 1 aromatic rings. The van der Waals surface area contributed by atoms with Crippen LogP contribution >= 0.6 is 11.5 Å². The SMILES string of the molecule is CN(Cc1nnsc1N)CC1CCCN1C. The van der Waals surface area contributed by atoms with Crippen LogP contribution in [0.4, 0.5) is 5.00 Å². The molecule has 1 aliphatic rings. The summed E-state index contributed by atoms with van der Waals surface area (Å²) in [6.07, 6.45) is 2.61. The minimum absolute atomic E-state index is 0.679. The van der Waals surface area contributed by atoms with E-state index in [-0.39, 0.29) is 0 Å². The summed E-state index contributed by atoms with van der Waals surface area (Å²) in [5.74, 6) is 0. The van der Waals surface area contributed by atoms with Crippen LogP contribution in [-0.2, 0) is 6.54 Å². The van der Waals surface area contributed by atoms with E-state index in [9.17, 15) is 0 Å². The Morgan fingerprint density at radius 3 is 3.00 bits per heavy atom. The molecular weight excluding hydrogens is 222 g/mol. The second-order valence-corrected chi connectivity index (χ2v) is 5.34.